The molecule has 1 aromatic rings. The van der Waals surface area contributed by atoms with Crippen LogP contribution in [0.4, 0.5) is 8.78 Å². The van der Waals surface area contributed by atoms with Gasteiger partial charge in [0.15, 0.2) is 0 Å². The fourth-order valence-corrected chi connectivity index (χ4v) is 1.96. The molecule has 0 aromatic heterocycles. The van der Waals surface area contributed by atoms with E-state index in [4.69, 9.17) is 5.11 Å². The second-order valence-corrected chi connectivity index (χ2v) is 5.86. The van der Waals surface area contributed by atoms with E-state index in [0.29, 0.717) is 19.3 Å². The number of aliphatic carboxylic acids is 1. The average molecular weight is 299 g/mol. The fourth-order valence-electron chi connectivity index (χ4n) is 1.96. The number of halogens is 2. The number of hydrogen-bond donors (Lipinski definition) is 2. The molecule has 0 radical (unpaired) electrons. The van der Waals surface area contributed by atoms with Gasteiger partial charge in [0, 0.05) is 0 Å². The molecule has 118 valence electrons. The van der Waals surface area contributed by atoms with Crippen molar-refractivity contribution in [1.82, 2.24) is 5.32 Å². The van der Waals surface area contributed by atoms with Crippen molar-refractivity contribution in [2.45, 2.75) is 45.6 Å². The largest absolute Gasteiger partial charge is 0.481 e. The van der Waals surface area contributed by atoms with Crippen LogP contribution in [0.1, 0.15) is 32.3 Å². The molecule has 0 amide bonds. The molecule has 0 saturated heterocycles. The van der Waals surface area contributed by atoms with Crippen LogP contribution >= 0.6 is 0 Å². The summed E-state index contributed by atoms with van der Waals surface area (Å²) >= 11 is 0. The number of carboxylic acid groups (broad SMARTS) is 1. The van der Waals surface area contributed by atoms with Crippen LogP contribution in [0, 0.1) is 5.41 Å². The summed E-state index contributed by atoms with van der Waals surface area (Å²) in [6.07, 6.45) is -1.24. The van der Waals surface area contributed by atoms with E-state index in [0.717, 1.165) is 5.56 Å². The van der Waals surface area contributed by atoms with Gasteiger partial charge in [-0.1, -0.05) is 30.3 Å². The Bertz CT molecular complexity index is 435. The highest BCUT2D eigenvalue weighted by atomic mass is 19.3. The highest BCUT2D eigenvalue weighted by Crippen LogP contribution is 2.20. The van der Waals surface area contributed by atoms with Crippen LogP contribution < -0.4 is 5.32 Å². The SMILES string of the molecule is CC(C)(CCNC(CCc1ccccc1)C(F)F)C(=O)O. The first-order valence-electron chi connectivity index (χ1n) is 7.12. The summed E-state index contributed by atoms with van der Waals surface area (Å²) in [6.45, 7) is 3.46. The Morgan fingerprint density at radius 3 is 2.43 bits per heavy atom. The van der Waals surface area contributed by atoms with Crippen LogP contribution in [0.5, 0.6) is 0 Å². The van der Waals surface area contributed by atoms with Gasteiger partial charge in [-0.25, -0.2) is 8.78 Å². The third-order valence-corrected chi connectivity index (χ3v) is 3.63. The molecule has 3 nitrogen and oxygen atoms in total. The monoisotopic (exact) mass is 299 g/mol. The molecule has 0 fully saturated rings. The number of benzene rings is 1. The highest BCUT2D eigenvalue weighted by Gasteiger charge is 2.27. The van der Waals surface area contributed by atoms with E-state index in [9.17, 15) is 13.6 Å². The van der Waals surface area contributed by atoms with E-state index in [-0.39, 0.29) is 6.54 Å². The Balaban J connectivity index is 2.42. The molecule has 0 aliphatic heterocycles. The number of hydrogen-bond acceptors (Lipinski definition) is 2. The molecule has 0 spiro atoms. The number of alkyl halides is 2. The Morgan fingerprint density at radius 2 is 1.90 bits per heavy atom. The topological polar surface area (TPSA) is 49.3 Å². The zero-order chi connectivity index (χ0) is 15.9. The van der Waals surface area contributed by atoms with Crippen molar-refractivity contribution in [2.24, 2.45) is 5.41 Å². The summed E-state index contributed by atoms with van der Waals surface area (Å²) < 4.78 is 26.0. The van der Waals surface area contributed by atoms with Crippen LogP contribution in [0.15, 0.2) is 30.3 Å². The second kappa shape index (κ2) is 8.08. The van der Waals surface area contributed by atoms with Crippen LogP contribution in [0.3, 0.4) is 0 Å². The second-order valence-electron chi connectivity index (χ2n) is 5.86. The molecule has 2 N–H and O–H groups in total. The molecule has 0 aliphatic rings. The quantitative estimate of drug-likeness (QED) is 0.735. The van der Waals surface area contributed by atoms with Crippen LogP contribution in [-0.4, -0.2) is 30.1 Å². The first-order chi connectivity index (χ1) is 9.83. The van der Waals surface area contributed by atoms with Gasteiger partial charge in [0.05, 0.1) is 11.5 Å². The van der Waals surface area contributed by atoms with Crippen molar-refractivity contribution in [3.05, 3.63) is 35.9 Å². The molecular formula is C16H23F2NO2. The van der Waals surface area contributed by atoms with E-state index < -0.39 is 23.9 Å². The Morgan fingerprint density at radius 1 is 1.29 bits per heavy atom. The molecule has 0 bridgehead atoms. The zero-order valence-electron chi connectivity index (χ0n) is 12.5. The smallest absolute Gasteiger partial charge is 0.309 e. The highest BCUT2D eigenvalue weighted by molar-refractivity contribution is 5.73. The third-order valence-electron chi connectivity index (χ3n) is 3.63. The predicted molar refractivity (Wildman–Crippen MR) is 78.6 cm³/mol. The van der Waals surface area contributed by atoms with Crippen molar-refractivity contribution in [3.63, 3.8) is 0 Å². The molecule has 1 aromatic carbocycles. The molecule has 0 saturated carbocycles. The Labute approximate surface area is 124 Å². The van der Waals surface area contributed by atoms with Crippen LogP contribution in [0.25, 0.3) is 0 Å². The molecule has 5 heteroatoms. The lowest BCUT2D eigenvalue weighted by molar-refractivity contribution is -0.147. The van der Waals surface area contributed by atoms with Gasteiger partial charge in [-0.15, -0.1) is 0 Å². The van der Waals surface area contributed by atoms with Gasteiger partial charge in [0.1, 0.15) is 0 Å². The summed E-state index contributed by atoms with van der Waals surface area (Å²) in [6, 6.07) is 8.58. The summed E-state index contributed by atoms with van der Waals surface area (Å²) in [4.78, 5) is 11.0. The van der Waals surface area contributed by atoms with E-state index >= 15 is 0 Å². The van der Waals surface area contributed by atoms with Gasteiger partial charge in [-0.05, 0) is 45.2 Å². The number of rotatable bonds is 9. The van der Waals surface area contributed by atoms with Crippen LogP contribution in [0.2, 0.25) is 0 Å². The van der Waals surface area contributed by atoms with Gasteiger partial charge in [0.2, 0.25) is 0 Å². The van der Waals surface area contributed by atoms with Crippen molar-refractivity contribution in [3.8, 4) is 0 Å². The Kier molecular flexibility index (Phi) is 6.75. The van der Waals surface area contributed by atoms with Crippen molar-refractivity contribution in [2.75, 3.05) is 6.54 Å². The molecule has 0 heterocycles. The van der Waals surface area contributed by atoms with E-state index in [1.54, 1.807) is 13.8 Å². The molecule has 0 aliphatic carbocycles. The lowest BCUT2D eigenvalue weighted by Crippen LogP contribution is -2.39. The summed E-state index contributed by atoms with van der Waals surface area (Å²) in [7, 11) is 0. The van der Waals surface area contributed by atoms with Crippen LogP contribution in [-0.2, 0) is 11.2 Å². The Hall–Kier alpha value is -1.49. The van der Waals surface area contributed by atoms with Crippen molar-refractivity contribution >= 4 is 5.97 Å². The van der Waals surface area contributed by atoms with Gasteiger partial charge < -0.3 is 10.4 Å². The normalized spacial score (nSPS) is 13.4. The minimum absolute atomic E-state index is 0.267. The number of aryl methyl sites for hydroxylation is 1. The number of carboxylic acids is 1. The van der Waals surface area contributed by atoms with Gasteiger partial charge >= 0.3 is 5.97 Å². The first-order valence-corrected chi connectivity index (χ1v) is 7.12. The van der Waals surface area contributed by atoms with Gasteiger partial charge in [-0.3, -0.25) is 4.79 Å². The van der Waals surface area contributed by atoms with E-state index in [1.165, 1.54) is 0 Å². The standard InChI is InChI=1S/C16H23F2NO2/c1-16(2,15(20)21)10-11-19-13(14(17)18)9-8-12-6-4-3-5-7-12/h3-7,13-14,19H,8-11H2,1-2H3,(H,20,21). The maximum atomic E-state index is 13.0. The maximum Gasteiger partial charge on any atom is 0.309 e. The lowest BCUT2D eigenvalue weighted by atomic mass is 9.89. The number of carbonyl (C=O) groups is 1. The molecular weight excluding hydrogens is 276 g/mol. The van der Waals surface area contributed by atoms with E-state index in [2.05, 4.69) is 5.32 Å². The molecule has 1 rings (SSSR count). The molecule has 21 heavy (non-hydrogen) atoms. The maximum absolute atomic E-state index is 13.0. The van der Waals surface area contributed by atoms with E-state index in [1.807, 2.05) is 30.3 Å². The predicted octanol–water partition coefficient (Wildman–Crippen LogP) is 3.34. The lowest BCUT2D eigenvalue weighted by Gasteiger charge is -2.22. The average Bonchev–Trinajstić information content (AvgIpc) is 2.43. The van der Waals surface area contributed by atoms with Gasteiger partial charge in [0.25, 0.3) is 6.43 Å². The fraction of sp³-hybridized carbons (Fsp3) is 0.562. The third kappa shape index (κ3) is 6.21. The summed E-state index contributed by atoms with van der Waals surface area (Å²) in [5.41, 5.74) is 0.120. The minimum Gasteiger partial charge on any atom is -0.481 e. The van der Waals surface area contributed by atoms with Crippen molar-refractivity contribution in [1.29, 1.82) is 0 Å². The summed E-state index contributed by atoms with van der Waals surface area (Å²) in [5.74, 6) is -0.915. The zero-order valence-corrected chi connectivity index (χ0v) is 12.5. The van der Waals surface area contributed by atoms with Crippen molar-refractivity contribution < 1.29 is 18.7 Å². The molecule has 1 atom stereocenters. The summed E-state index contributed by atoms with van der Waals surface area (Å²) in [5, 5.41) is 11.8. The molecule has 1 unspecified atom stereocenters. The first kappa shape index (κ1) is 17.6. The number of nitrogens with one attached hydrogen (secondary N) is 1. The van der Waals surface area contributed by atoms with Gasteiger partial charge in [-0.2, -0.15) is 0 Å². The minimum atomic E-state index is -2.46.